The molecule has 3 aromatic rings. The van der Waals surface area contributed by atoms with Crippen molar-refractivity contribution >= 4 is 34.5 Å². The van der Waals surface area contributed by atoms with Gasteiger partial charge < -0.3 is 5.32 Å². The summed E-state index contributed by atoms with van der Waals surface area (Å²) in [5.41, 5.74) is 3.16. The molecule has 0 spiro atoms. The summed E-state index contributed by atoms with van der Waals surface area (Å²) in [4.78, 5) is 16.7. The van der Waals surface area contributed by atoms with Crippen molar-refractivity contribution in [1.29, 1.82) is 0 Å². The number of aryl methyl sites for hydroxylation is 1. The van der Waals surface area contributed by atoms with Crippen molar-refractivity contribution in [2.45, 2.75) is 6.92 Å². The van der Waals surface area contributed by atoms with Gasteiger partial charge in [-0.2, -0.15) is 0 Å². The molecule has 0 saturated heterocycles. The van der Waals surface area contributed by atoms with E-state index in [1.807, 2.05) is 36.6 Å². The number of hydrogen-bond donors (Lipinski definition) is 1. The van der Waals surface area contributed by atoms with Gasteiger partial charge in [-0.25, -0.2) is 4.98 Å². The van der Waals surface area contributed by atoms with Gasteiger partial charge in [0.1, 0.15) is 0 Å². The van der Waals surface area contributed by atoms with E-state index < -0.39 is 0 Å². The average Bonchev–Trinajstić information content (AvgIpc) is 2.94. The van der Waals surface area contributed by atoms with E-state index >= 15 is 0 Å². The largest absolute Gasteiger partial charge is 0.322 e. The number of nitrogens with one attached hydrogen (secondary N) is 1. The zero-order chi connectivity index (χ0) is 15.5. The molecule has 0 fully saturated rings. The van der Waals surface area contributed by atoms with Gasteiger partial charge >= 0.3 is 0 Å². The molecule has 0 aliphatic rings. The molecule has 1 heterocycles. The van der Waals surface area contributed by atoms with Crippen LogP contribution in [0.5, 0.6) is 0 Å². The van der Waals surface area contributed by atoms with E-state index in [2.05, 4.69) is 10.3 Å². The second kappa shape index (κ2) is 6.30. The lowest BCUT2D eigenvalue weighted by atomic mass is 10.1. The smallest absolute Gasteiger partial charge is 0.255 e. The number of halogens is 1. The third-order valence-electron chi connectivity index (χ3n) is 3.12. The standard InChI is InChI=1S/C17H13ClN2OS/c1-11-19-16(10-22-11)12-4-3-7-15(9-12)20-17(21)13-5-2-6-14(18)8-13/h2-10H,1H3,(H,20,21). The van der Waals surface area contributed by atoms with Crippen LogP contribution in [0.3, 0.4) is 0 Å². The van der Waals surface area contributed by atoms with Crippen LogP contribution in [0.4, 0.5) is 5.69 Å². The van der Waals surface area contributed by atoms with Gasteiger partial charge in [0.05, 0.1) is 10.7 Å². The summed E-state index contributed by atoms with van der Waals surface area (Å²) in [5, 5.41) is 6.45. The molecule has 3 rings (SSSR count). The number of carbonyl (C=O) groups is 1. The van der Waals surface area contributed by atoms with Crippen molar-refractivity contribution in [2.75, 3.05) is 5.32 Å². The Morgan fingerprint density at radius 2 is 2.00 bits per heavy atom. The lowest BCUT2D eigenvalue weighted by molar-refractivity contribution is 0.102. The number of rotatable bonds is 3. The molecule has 0 aliphatic heterocycles. The van der Waals surface area contributed by atoms with Gasteiger partial charge in [-0.15, -0.1) is 11.3 Å². The second-order valence-corrected chi connectivity index (χ2v) is 6.30. The monoisotopic (exact) mass is 328 g/mol. The third-order valence-corrected chi connectivity index (χ3v) is 4.13. The van der Waals surface area contributed by atoms with E-state index in [1.165, 1.54) is 0 Å². The molecule has 5 heteroatoms. The first-order valence-electron chi connectivity index (χ1n) is 6.71. The van der Waals surface area contributed by atoms with Crippen LogP contribution in [0.25, 0.3) is 11.3 Å². The van der Waals surface area contributed by atoms with Crippen molar-refractivity contribution < 1.29 is 4.79 Å². The van der Waals surface area contributed by atoms with Gasteiger partial charge in [0, 0.05) is 27.2 Å². The highest BCUT2D eigenvalue weighted by Crippen LogP contribution is 2.24. The Labute approximate surface area is 137 Å². The van der Waals surface area contributed by atoms with Gasteiger partial charge in [-0.1, -0.05) is 29.8 Å². The minimum atomic E-state index is -0.186. The van der Waals surface area contributed by atoms with Crippen molar-refractivity contribution in [1.82, 2.24) is 4.98 Å². The number of amides is 1. The fourth-order valence-electron chi connectivity index (χ4n) is 2.09. The summed E-state index contributed by atoms with van der Waals surface area (Å²) in [6.45, 7) is 1.97. The summed E-state index contributed by atoms with van der Waals surface area (Å²) < 4.78 is 0. The zero-order valence-electron chi connectivity index (χ0n) is 11.8. The molecule has 2 aromatic carbocycles. The van der Waals surface area contributed by atoms with E-state index in [9.17, 15) is 4.79 Å². The number of anilines is 1. The van der Waals surface area contributed by atoms with Gasteiger partial charge in [0.2, 0.25) is 0 Å². The lowest BCUT2D eigenvalue weighted by Crippen LogP contribution is -2.11. The normalized spacial score (nSPS) is 10.5. The minimum absolute atomic E-state index is 0.186. The van der Waals surface area contributed by atoms with Crippen LogP contribution in [-0.4, -0.2) is 10.9 Å². The van der Waals surface area contributed by atoms with Crippen LogP contribution in [0.1, 0.15) is 15.4 Å². The molecule has 0 radical (unpaired) electrons. The summed E-state index contributed by atoms with van der Waals surface area (Å²) in [6, 6.07) is 14.5. The number of hydrogen-bond acceptors (Lipinski definition) is 3. The van der Waals surface area contributed by atoms with E-state index in [0.29, 0.717) is 10.6 Å². The number of thiazole rings is 1. The van der Waals surface area contributed by atoms with Gasteiger partial charge in [0.25, 0.3) is 5.91 Å². The molecule has 1 N–H and O–H groups in total. The Hall–Kier alpha value is -2.17. The molecule has 1 aromatic heterocycles. The van der Waals surface area contributed by atoms with Crippen LogP contribution >= 0.6 is 22.9 Å². The molecule has 110 valence electrons. The summed E-state index contributed by atoms with van der Waals surface area (Å²) in [5.74, 6) is -0.186. The predicted octanol–water partition coefficient (Wildman–Crippen LogP) is 5.02. The van der Waals surface area contributed by atoms with E-state index in [1.54, 1.807) is 35.6 Å². The zero-order valence-corrected chi connectivity index (χ0v) is 13.4. The molecular formula is C17H13ClN2OS. The quantitative estimate of drug-likeness (QED) is 0.733. The van der Waals surface area contributed by atoms with Crippen LogP contribution in [0, 0.1) is 6.92 Å². The molecule has 0 saturated carbocycles. The number of carbonyl (C=O) groups excluding carboxylic acids is 1. The fraction of sp³-hybridized carbons (Fsp3) is 0.0588. The SMILES string of the molecule is Cc1nc(-c2cccc(NC(=O)c3cccc(Cl)c3)c2)cs1. The van der Waals surface area contributed by atoms with Crippen LogP contribution in [0.15, 0.2) is 53.9 Å². The maximum absolute atomic E-state index is 12.2. The van der Waals surface area contributed by atoms with Gasteiger partial charge in [-0.05, 0) is 37.3 Å². The predicted molar refractivity (Wildman–Crippen MR) is 91.7 cm³/mol. The summed E-state index contributed by atoms with van der Waals surface area (Å²) in [7, 11) is 0. The minimum Gasteiger partial charge on any atom is -0.322 e. The summed E-state index contributed by atoms with van der Waals surface area (Å²) in [6.07, 6.45) is 0. The van der Waals surface area contributed by atoms with E-state index in [-0.39, 0.29) is 5.91 Å². The van der Waals surface area contributed by atoms with Gasteiger partial charge in [-0.3, -0.25) is 4.79 Å². The van der Waals surface area contributed by atoms with Crippen LogP contribution < -0.4 is 5.32 Å². The van der Waals surface area contributed by atoms with Gasteiger partial charge in [0.15, 0.2) is 0 Å². The number of nitrogens with zero attached hydrogens (tertiary/aromatic N) is 1. The first kappa shape index (κ1) is 14.8. The Balaban J connectivity index is 1.82. The van der Waals surface area contributed by atoms with Crippen molar-refractivity contribution in [2.24, 2.45) is 0 Å². The lowest BCUT2D eigenvalue weighted by Gasteiger charge is -2.07. The highest BCUT2D eigenvalue weighted by atomic mass is 35.5. The summed E-state index contributed by atoms with van der Waals surface area (Å²) >= 11 is 7.52. The molecule has 3 nitrogen and oxygen atoms in total. The topological polar surface area (TPSA) is 42.0 Å². The Morgan fingerprint density at radius 3 is 2.73 bits per heavy atom. The Bertz CT molecular complexity index is 829. The first-order chi connectivity index (χ1) is 10.6. The van der Waals surface area contributed by atoms with Crippen LogP contribution in [-0.2, 0) is 0 Å². The van der Waals surface area contributed by atoms with Crippen LogP contribution in [0.2, 0.25) is 5.02 Å². The first-order valence-corrected chi connectivity index (χ1v) is 7.97. The Kier molecular flexibility index (Phi) is 4.22. The third kappa shape index (κ3) is 3.35. The van der Waals surface area contributed by atoms with Crippen molar-refractivity contribution in [3.63, 3.8) is 0 Å². The average molecular weight is 329 g/mol. The van der Waals surface area contributed by atoms with E-state index in [0.717, 1.165) is 22.0 Å². The maximum Gasteiger partial charge on any atom is 0.255 e. The maximum atomic E-state index is 12.2. The van der Waals surface area contributed by atoms with Crippen molar-refractivity contribution in [3.05, 3.63) is 69.5 Å². The molecule has 0 atom stereocenters. The van der Waals surface area contributed by atoms with Crippen molar-refractivity contribution in [3.8, 4) is 11.3 Å². The highest BCUT2D eigenvalue weighted by Gasteiger charge is 2.08. The molecule has 22 heavy (non-hydrogen) atoms. The number of benzene rings is 2. The fourth-order valence-corrected chi connectivity index (χ4v) is 2.90. The van der Waals surface area contributed by atoms with E-state index in [4.69, 9.17) is 11.6 Å². The molecule has 0 bridgehead atoms. The molecule has 0 aliphatic carbocycles. The second-order valence-electron chi connectivity index (χ2n) is 4.80. The molecule has 0 unspecified atom stereocenters. The number of aromatic nitrogens is 1. The Morgan fingerprint density at radius 1 is 1.18 bits per heavy atom. The molecular weight excluding hydrogens is 316 g/mol. The highest BCUT2D eigenvalue weighted by molar-refractivity contribution is 7.09. The molecule has 1 amide bonds.